The second-order valence-corrected chi connectivity index (χ2v) is 6.81. The average Bonchev–Trinajstić information content (AvgIpc) is 3.12. The largest absolute Gasteiger partial charge is 0.374 e. The molecular weight excluding hydrogens is 328 g/mol. The van der Waals surface area contributed by atoms with Crippen molar-refractivity contribution >= 4 is 28.7 Å². The van der Waals surface area contributed by atoms with Crippen molar-refractivity contribution in [2.24, 2.45) is 9.98 Å². The van der Waals surface area contributed by atoms with Crippen molar-refractivity contribution < 1.29 is 0 Å². The third-order valence-electron chi connectivity index (χ3n) is 4.13. The Hall–Kier alpha value is -2.79. The summed E-state index contributed by atoms with van der Waals surface area (Å²) in [5, 5.41) is 5.29. The molecule has 0 saturated heterocycles. The monoisotopic (exact) mass is 346 g/mol. The maximum absolute atomic E-state index is 5.11. The quantitative estimate of drug-likeness (QED) is 0.752. The third kappa shape index (κ3) is 2.98. The first-order chi connectivity index (χ1) is 12.3. The van der Waals surface area contributed by atoms with Gasteiger partial charge in [-0.1, -0.05) is 36.4 Å². The molecule has 1 aliphatic rings. The molecule has 124 valence electrons. The number of likely N-dealkylation sites (N-methyl/N-ethyl adjacent to an activating group) is 1. The van der Waals surface area contributed by atoms with Crippen LogP contribution < -0.4 is 5.32 Å². The number of hydrogen-bond donors (Lipinski definition) is 1. The highest BCUT2D eigenvalue weighted by atomic mass is 32.1. The van der Waals surface area contributed by atoms with Gasteiger partial charge in [0.2, 0.25) is 0 Å². The Morgan fingerprint density at radius 3 is 2.56 bits per heavy atom. The number of amidine groups is 1. The number of hydrogen-bond acceptors (Lipinski definition) is 5. The minimum atomic E-state index is -0.158. The van der Waals surface area contributed by atoms with Crippen molar-refractivity contribution in [3.8, 4) is 0 Å². The van der Waals surface area contributed by atoms with Gasteiger partial charge in [0.05, 0.1) is 5.71 Å². The highest BCUT2D eigenvalue weighted by molar-refractivity contribution is 7.10. The molecule has 1 N–H and O–H groups in total. The van der Waals surface area contributed by atoms with Gasteiger partial charge in [0.25, 0.3) is 0 Å². The third-order valence-corrected chi connectivity index (χ3v) is 5.05. The summed E-state index contributed by atoms with van der Waals surface area (Å²) in [6.45, 7) is 1.98. The van der Waals surface area contributed by atoms with Crippen LogP contribution in [0, 0.1) is 6.92 Å². The fourth-order valence-corrected chi connectivity index (χ4v) is 3.68. The fraction of sp³-hybridized carbons (Fsp3) is 0.150. The van der Waals surface area contributed by atoms with Gasteiger partial charge in [-0.3, -0.25) is 4.99 Å². The maximum Gasteiger partial charge on any atom is 0.163 e. The molecule has 5 heteroatoms. The molecule has 0 radical (unpaired) electrons. The first kappa shape index (κ1) is 15.7. The molecule has 1 aliphatic heterocycles. The number of aryl methyl sites for hydroxylation is 1. The lowest BCUT2D eigenvalue weighted by Gasteiger charge is -2.13. The van der Waals surface area contributed by atoms with Crippen LogP contribution in [-0.4, -0.2) is 23.6 Å². The number of nitrogens with one attached hydrogen (secondary N) is 1. The summed E-state index contributed by atoms with van der Waals surface area (Å²) in [6, 6.07) is 18.3. The van der Waals surface area contributed by atoms with Crippen LogP contribution in [0.15, 0.2) is 70.0 Å². The summed E-state index contributed by atoms with van der Waals surface area (Å²) in [5.74, 6) is 1.53. The molecule has 0 saturated carbocycles. The molecule has 0 fully saturated rings. The Kier molecular flexibility index (Phi) is 4.15. The second kappa shape index (κ2) is 6.61. The number of nitrogens with zero attached hydrogens (tertiary/aromatic N) is 3. The molecule has 4 rings (SSSR count). The predicted molar refractivity (Wildman–Crippen MR) is 104 cm³/mol. The lowest BCUT2D eigenvalue weighted by molar-refractivity contribution is 0.927. The normalized spacial score (nSPS) is 16.5. The SMILES string of the molecule is CNC1=Nc2nc(C)ccc2C(c2ccccc2)=NC1c1cccs1. The summed E-state index contributed by atoms with van der Waals surface area (Å²) >= 11 is 1.69. The molecule has 0 amide bonds. The zero-order valence-corrected chi connectivity index (χ0v) is 14.9. The predicted octanol–water partition coefficient (Wildman–Crippen LogP) is 4.29. The zero-order chi connectivity index (χ0) is 17.2. The summed E-state index contributed by atoms with van der Waals surface area (Å²) < 4.78 is 0. The summed E-state index contributed by atoms with van der Waals surface area (Å²) in [4.78, 5) is 15.7. The molecule has 1 unspecified atom stereocenters. The zero-order valence-electron chi connectivity index (χ0n) is 14.1. The number of thiophene rings is 1. The highest BCUT2D eigenvalue weighted by Gasteiger charge is 2.25. The van der Waals surface area contributed by atoms with Gasteiger partial charge in [-0.15, -0.1) is 11.3 Å². The Morgan fingerprint density at radius 2 is 1.84 bits per heavy atom. The molecule has 1 atom stereocenters. The molecule has 3 heterocycles. The van der Waals surface area contributed by atoms with Gasteiger partial charge in [0, 0.05) is 28.7 Å². The molecule has 0 spiro atoms. The van der Waals surface area contributed by atoms with Crippen LogP contribution in [0.3, 0.4) is 0 Å². The molecule has 2 aromatic heterocycles. The minimum absolute atomic E-state index is 0.158. The maximum atomic E-state index is 5.11. The van der Waals surface area contributed by atoms with E-state index in [-0.39, 0.29) is 6.04 Å². The molecule has 1 aromatic carbocycles. The second-order valence-electron chi connectivity index (χ2n) is 5.83. The van der Waals surface area contributed by atoms with Crippen molar-refractivity contribution in [3.63, 3.8) is 0 Å². The number of rotatable bonds is 2. The van der Waals surface area contributed by atoms with E-state index in [0.29, 0.717) is 5.82 Å². The standard InChI is InChI=1S/C20H18N4S/c1-13-10-11-15-17(14-7-4-3-5-8-14)23-18(16-9-6-12-25-16)20(21-2)24-19(15)22-13/h3-12,18H,1-2H3,(H,21,22,24). The van der Waals surface area contributed by atoms with Crippen LogP contribution in [0.4, 0.5) is 5.82 Å². The Morgan fingerprint density at radius 1 is 1.00 bits per heavy atom. The molecule has 25 heavy (non-hydrogen) atoms. The van der Waals surface area contributed by atoms with Gasteiger partial charge in [-0.05, 0) is 30.5 Å². The van der Waals surface area contributed by atoms with Crippen LogP contribution in [0.5, 0.6) is 0 Å². The van der Waals surface area contributed by atoms with E-state index in [1.54, 1.807) is 11.3 Å². The van der Waals surface area contributed by atoms with Crippen LogP contribution in [0.2, 0.25) is 0 Å². The molecular formula is C20H18N4S. The van der Waals surface area contributed by atoms with Gasteiger partial charge in [-0.2, -0.15) is 0 Å². The Bertz CT molecular complexity index is 943. The van der Waals surface area contributed by atoms with Gasteiger partial charge < -0.3 is 5.32 Å². The Labute approximate surface area is 151 Å². The summed E-state index contributed by atoms with van der Waals surface area (Å²) in [5.41, 5.74) is 3.91. The molecule has 3 aromatic rings. The van der Waals surface area contributed by atoms with E-state index in [2.05, 4.69) is 39.9 Å². The van der Waals surface area contributed by atoms with E-state index >= 15 is 0 Å². The van der Waals surface area contributed by atoms with Crippen molar-refractivity contribution in [1.29, 1.82) is 0 Å². The number of aromatic nitrogens is 1. The van der Waals surface area contributed by atoms with Crippen LogP contribution in [-0.2, 0) is 0 Å². The van der Waals surface area contributed by atoms with Gasteiger partial charge in [0.1, 0.15) is 11.9 Å². The van der Waals surface area contributed by atoms with Crippen LogP contribution in [0.1, 0.15) is 27.7 Å². The van der Waals surface area contributed by atoms with Gasteiger partial charge in [0.15, 0.2) is 5.82 Å². The van der Waals surface area contributed by atoms with Crippen LogP contribution >= 0.6 is 11.3 Å². The van der Waals surface area contributed by atoms with E-state index in [0.717, 1.165) is 33.2 Å². The lowest BCUT2D eigenvalue weighted by atomic mass is 10.0. The van der Waals surface area contributed by atoms with E-state index < -0.39 is 0 Å². The summed E-state index contributed by atoms with van der Waals surface area (Å²) in [6.07, 6.45) is 0. The van der Waals surface area contributed by atoms with Crippen molar-refractivity contribution in [3.05, 3.63) is 81.7 Å². The van der Waals surface area contributed by atoms with Gasteiger partial charge >= 0.3 is 0 Å². The Balaban J connectivity index is 1.98. The summed E-state index contributed by atoms with van der Waals surface area (Å²) in [7, 11) is 1.89. The van der Waals surface area contributed by atoms with Crippen LogP contribution in [0.25, 0.3) is 0 Å². The average molecular weight is 346 g/mol. The van der Waals surface area contributed by atoms with E-state index in [1.165, 1.54) is 0 Å². The van der Waals surface area contributed by atoms with Crippen molar-refractivity contribution in [1.82, 2.24) is 10.3 Å². The van der Waals surface area contributed by atoms with E-state index in [4.69, 9.17) is 9.98 Å². The number of benzene rings is 1. The molecule has 0 bridgehead atoms. The topological polar surface area (TPSA) is 49.6 Å². The molecule has 0 aliphatic carbocycles. The van der Waals surface area contributed by atoms with E-state index in [1.807, 2.05) is 44.3 Å². The van der Waals surface area contributed by atoms with Crippen molar-refractivity contribution in [2.45, 2.75) is 13.0 Å². The van der Waals surface area contributed by atoms with Crippen molar-refractivity contribution in [2.75, 3.05) is 7.05 Å². The first-order valence-corrected chi connectivity index (χ1v) is 9.05. The fourth-order valence-electron chi connectivity index (χ4n) is 2.91. The van der Waals surface area contributed by atoms with Gasteiger partial charge in [-0.25, -0.2) is 9.98 Å². The van der Waals surface area contributed by atoms with E-state index in [9.17, 15) is 0 Å². The first-order valence-electron chi connectivity index (χ1n) is 8.17. The number of fused-ring (bicyclic) bond motifs is 1. The minimum Gasteiger partial charge on any atom is -0.374 e. The number of pyridine rings is 1. The number of aliphatic imine (C=N–C) groups is 2. The smallest absolute Gasteiger partial charge is 0.163 e. The highest BCUT2D eigenvalue weighted by Crippen LogP contribution is 2.32. The lowest BCUT2D eigenvalue weighted by Crippen LogP contribution is -2.24. The molecule has 4 nitrogen and oxygen atoms in total.